The van der Waals surface area contributed by atoms with Crippen LogP contribution in [0.15, 0.2) is 17.0 Å². The molecule has 0 aliphatic heterocycles. The Hall–Kier alpha value is -1.31. The van der Waals surface area contributed by atoms with Gasteiger partial charge in [-0.15, -0.1) is 0 Å². The van der Waals surface area contributed by atoms with Gasteiger partial charge in [0.25, 0.3) is 0 Å². The summed E-state index contributed by atoms with van der Waals surface area (Å²) in [4.78, 5) is 1.10. The van der Waals surface area contributed by atoms with Crippen LogP contribution in [0.5, 0.6) is 0 Å². The third-order valence-electron chi connectivity index (χ3n) is 3.18. The predicted octanol–water partition coefficient (Wildman–Crippen LogP) is -1.23. The lowest BCUT2D eigenvalue weighted by Gasteiger charge is -2.30. The van der Waals surface area contributed by atoms with Crippen LogP contribution in [0.1, 0.15) is 26.7 Å². The Morgan fingerprint density at radius 2 is 1.48 bits per heavy atom. The molecule has 2 unspecified atom stereocenters. The molecule has 0 aliphatic rings. The van der Waals surface area contributed by atoms with Crippen LogP contribution < -0.4 is 20.5 Å². The molecule has 0 heterocycles. The summed E-state index contributed by atoms with van der Waals surface area (Å²) >= 11 is 0. The second-order valence-electron chi connectivity index (χ2n) is 5.01. The van der Waals surface area contributed by atoms with Gasteiger partial charge in [-0.3, -0.25) is 0 Å². The van der Waals surface area contributed by atoms with E-state index in [4.69, 9.17) is 5.14 Å². The van der Waals surface area contributed by atoms with Crippen LogP contribution in [0.4, 0.5) is 17.1 Å². The summed E-state index contributed by atoms with van der Waals surface area (Å²) in [7, 11) is -4.23. The highest BCUT2D eigenvalue weighted by Crippen LogP contribution is 2.33. The maximum atomic E-state index is 11.5. The van der Waals surface area contributed by atoms with Crippen LogP contribution in [-0.4, -0.2) is 31.9 Å². The van der Waals surface area contributed by atoms with Gasteiger partial charge in [-0.25, -0.2) is 24.0 Å². The second-order valence-corrected chi connectivity index (χ2v) is 6.57. The highest BCUT2D eigenvalue weighted by Gasteiger charge is 2.28. The summed E-state index contributed by atoms with van der Waals surface area (Å²) in [6.07, 6.45) is 1.35. The lowest BCUT2D eigenvalue weighted by atomic mass is 10.2. The van der Waals surface area contributed by atoms with Gasteiger partial charge in [-0.05, 0) is 12.8 Å². The van der Waals surface area contributed by atoms with Crippen molar-refractivity contribution in [2.75, 3.05) is 18.0 Å². The Labute approximate surface area is 134 Å². The number of sulfonamides is 1. The number of nitrogens with two attached hydrogens (primary N) is 1. The number of hydrogen-bond donors (Lipinski definition) is 5. The molecule has 1 rings (SSSR count). The normalized spacial score (nSPS) is 14.6. The average molecular weight is 350 g/mol. The Bertz CT molecular complexity index is 599. The van der Waals surface area contributed by atoms with E-state index < -0.39 is 36.7 Å². The number of anilines is 1. The summed E-state index contributed by atoms with van der Waals surface area (Å²) in [6, 6.07) is 1.80. The third kappa shape index (κ3) is 4.83. The third-order valence-corrected chi connectivity index (χ3v) is 4.07. The molecule has 23 heavy (non-hydrogen) atoms. The molecule has 1 aromatic carbocycles. The first-order valence-corrected chi connectivity index (χ1v) is 8.60. The molecule has 1 aromatic rings. The smallest absolute Gasteiger partial charge is 0.238 e. The zero-order valence-electron chi connectivity index (χ0n) is 12.9. The van der Waals surface area contributed by atoms with Crippen molar-refractivity contribution in [3.63, 3.8) is 0 Å². The molecule has 0 radical (unpaired) electrons. The van der Waals surface area contributed by atoms with E-state index in [9.17, 15) is 29.2 Å². The number of nitrogens with one attached hydrogen (secondary N) is 2. The van der Waals surface area contributed by atoms with Gasteiger partial charge in [-0.1, -0.05) is 13.8 Å². The minimum absolute atomic E-state index is 0.00102. The molecule has 0 bridgehead atoms. The van der Waals surface area contributed by atoms with Crippen LogP contribution in [0.25, 0.3) is 0 Å². The minimum atomic E-state index is -4.23. The van der Waals surface area contributed by atoms with Crippen molar-refractivity contribution in [2.45, 2.75) is 31.6 Å². The first-order valence-electron chi connectivity index (χ1n) is 7.05. The lowest BCUT2D eigenvalue weighted by Crippen LogP contribution is -3.01. The fraction of sp³-hybridized carbons (Fsp3) is 0.500. The van der Waals surface area contributed by atoms with Crippen molar-refractivity contribution in [1.82, 2.24) is 0 Å². The summed E-state index contributed by atoms with van der Waals surface area (Å²) in [6.45, 7) is 4.65. The number of primary sulfonamides is 1. The van der Waals surface area contributed by atoms with Crippen LogP contribution in [0, 0.1) is 10.4 Å². The maximum absolute atomic E-state index is 11.5. The maximum Gasteiger partial charge on any atom is 0.238 e. The molecule has 11 heteroatoms. The molecule has 10 nitrogen and oxygen atoms in total. The van der Waals surface area contributed by atoms with Crippen LogP contribution >= 0.6 is 0 Å². The van der Waals surface area contributed by atoms with Crippen molar-refractivity contribution in [2.24, 2.45) is 5.14 Å². The zero-order valence-corrected chi connectivity index (χ0v) is 13.8. The molecule has 0 saturated carbocycles. The van der Waals surface area contributed by atoms with E-state index in [1.807, 2.05) is 13.8 Å². The van der Waals surface area contributed by atoms with Crippen molar-refractivity contribution in [3.8, 4) is 0 Å². The number of rotatable bonds is 8. The highest BCUT2D eigenvalue weighted by molar-refractivity contribution is 7.89. The molecule has 0 aromatic heterocycles. The number of nitrogens with zero attached hydrogens (tertiary/aromatic N) is 1. The molecule has 0 saturated heterocycles. The Balaban J connectivity index is 3.70. The topological polar surface area (TPSA) is 159 Å². The largest absolute Gasteiger partial charge is 0.595 e. The Morgan fingerprint density at radius 1 is 1.09 bits per heavy atom. The molecular formula is C12H22N4O6S. The lowest BCUT2D eigenvalue weighted by molar-refractivity contribution is -0.995. The number of quaternary nitrogens is 2. The van der Waals surface area contributed by atoms with E-state index in [0.29, 0.717) is 25.9 Å². The van der Waals surface area contributed by atoms with Crippen LogP contribution in [0.2, 0.25) is 0 Å². The Morgan fingerprint density at radius 3 is 1.74 bits per heavy atom. The molecule has 132 valence electrons. The summed E-state index contributed by atoms with van der Waals surface area (Å²) in [5, 5.41) is 44.0. The van der Waals surface area contributed by atoms with Gasteiger partial charge in [0.15, 0.2) is 17.1 Å². The van der Waals surface area contributed by atoms with Gasteiger partial charge in [-0.2, -0.15) is 10.5 Å². The zero-order chi connectivity index (χ0) is 17.8. The molecular weight excluding hydrogens is 328 g/mol. The average Bonchev–Trinajstić information content (AvgIpc) is 2.44. The van der Waals surface area contributed by atoms with E-state index in [1.165, 1.54) is 0 Å². The summed E-state index contributed by atoms with van der Waals surface area (Å²) < 4.78 is 23.0. The standard InChI is InChI=1S/C12H22N4O6S/c1-3-5-14(6-4-2)12-10(15(17)18)7-9(23(13,21)22)8-11(12)16(19)20/h7-8,15-17,19H,3-6H2,1-2H3,(H2,13,21,22). The van der Waals surface area contributed by atoms with Crippen molar-refractivity contribution in [3.05, 3.63) is 22.5 Å². The van der Waals surface area contributed by atoms with Gasteiger partial charge >= 0.3 is 0 Å². The first kappa shape index (κ1) is 19.7. The van der Waals surface area contributed by atoms with Gasteiger partial charge < -0.3 is 15.3 Å². The van der Waals surface area contributed by atoms with E-state index in [2.05, 4.69) is 0 Å². The van der Waals surface area contributed by atoms with Crippen molar-refractivity contribution >= 4 is 27.1 Å². The molecule has 6 N–H and O–H groups in total. The van der Waals surface area contributed by atoms with E-state index >= 15 is 0 Å². The Kier molecular flexibility index (Phi) is 6.85. The van der Waals surface area contributed by atoms with Gasteiger partial charge in [0.1, 0.15) is 0 Å². The van der Waals surface area contributed by atoms with Gasteiger partial charge in [0.2, 0.25) is 10.0 Å². The molecule has 0 aliphatic carbocycles. The van der Waals surface area contributed by atoms with Gasteiger partial charge in [0, 0.05) is 25.2 Å². The first-order chi connectivity index (χ1) is 10.6. The van der Waals surface area contributed by atoms with E-state index in [0.717, 1.165) is 12.1 Å². The molecule has 2 atom stereocenters. The minimum Gasteiger partial charge on any atom is -0.595 e. The number of benzene rings is 1. The van der Waals surface area contributed by atoms with E-state index in [1.54, 1.807) is 4.90 Å². The quantitative estimate of drug-likeness (QED) is 0.367. The van der Waals surface area contributed by atoms with Gasteiger partial charge in [0.05, 0.1) is 4.90 Å². The highest BCUT2D eigenvalue weighted by atomic mass is 32.2. The molecule has 0 spiro atoms. The summed E-state index contributed by atoms with van der Waals surface area (Å²) in [5.74, 6) is 0. The van der Waals surface area contributed by atoms with E-state index in [-0.39, 0.29) is 5.69 Å². The van der Waals surface area contributed by atoms with Crippen LogP contribution in [0.3, 0.4) is 0 Å². The second kappa shape index (κ2) is 7.99. The fourth-order valence-corrected chi connectivity index (χ4v) is 2.88. The monoisotopic (exact) mass is 350 g/mol. The SMILES string of the molecule is CCCN(CCC)c1c([NH+]([O-])O)cc(S(N)(=O)=O)cc1[NH+]([O-])O. The van der Waals surface area contributed by atoms with Crippen molar-refractivity contribution < 1.29 is 29.3 Å². The number of hydrogen-bond acceptors (Lipinski definition) is 7. The summed E-state index contributed by atoms with van der Waals surface area (Å²) in [5.41, 5.74) is -0.784. The predicted molar refractivity (Wildman–Crippen MR) is 82.2 cm³/mol. The fourth-order valence-electron chi connectivity index (χ4n) is 2.31. The van der Waals surface area contributed by atoms with Crippen molar-refractivity contribution in [1.29, 1.82) is 0 Å². The van der Waals surface area contributed by atoms with Crippen LogP contribution in [-0.2, 0) is 10.0 Å². The molecule has 0 amide bonds. The molecule has 0 fully saturated rings.